The van der Waals surface area contributed by atoms with Crippen molar-refractivity contribution < 1.29 is 9.36 Å². The SMILES string of the molecule is Cc1nc2ccccc2n1C(=O)CP(=O)(c1ccccc1)c1ccccc1. The van der Waals surface area contributed by atoms with E-state index >= 15 is 0 Å². The number of hydrogen-bond acceptors (Lipinski definition) is 3. The zero-order valence-corrected chi connectivity index (χ0v) is 15.8. The van der Waals surface area contributed by atoms with Crippen LogP contribution in [0.25, 0.3) is 11.0 Å². The van der Waals surface area contributed by atoms with Crippen molar-refractivity contribution in [2.24, 2.45) is 0 Å². The number of hydrogen-bond donors (Lipinski definition) is 0. The molecule has 4 rings (SSSR count). The van der Waals surface area contributed by atoms with Crippen LogP contribution >= 0.6 is 7.14 Å². The van der Waals surface area contributed by atoms with Gasteiger partial charge in [-0.05, 0) is 19.1 Å². The van der Waals surface area contributed by atoms with E-state index in [0.717, 1.165) is 11.0 Å². The van der Waals surface area contributed by atoms with E-state index in [0.29, 0.717) is 16.4 Å². The summed E-state index contributed by atoms with van der Waals surface area (Å²) in [5.74, 6) is 0.395. The minimum atomic E-state index is -3.12. The van der Waals surface area contributed by atoms with Gasteiger partial charge in [0.25, 0.3) is 0 Å². The second kappa shape index (κ2) is 6.98. The van der Waals surface area contributed by atoms with Gasteiger partial charge in [0.05, 0.1) is 17.2 Å². The number of imidazole rings is 1. The van der Waals surface area contributed by atoms with Crippen molar-refractivity contribution in [3.8, 4) is 0 Å². The Hall–Kier alpha value is -2.97. The van der Waals surface area contributed by atoms with Gasteiger partial charge in [-0.1, -0.05) is 72.8 Å². The average molecular weight is 374 g/mol. The molecule has 0 aliphatic carbocycles. The molecule has 0 aliphatic rings. The van der Waals surface area contributed by atoms with Gasteiger partial charge in [0, 0.05) is 10.6 Å². The number of aromatic nitrogens is 2. The van der Waals surface area contributed by atoms with Gasteiger partial charge in [-0.15, -0.1) is 0 Å². The lowest BCUT2D eigenvalue weighted by atomic mass is 10.3. The van der Waals surface area contributed by atoms with Gasteiger partial charge in [-0.2, -0.15) is 0 Å². The molecule has 0 saturated heterocycles. The second-order valence-corrected chi connectivity index (χ2v) is 9.27. The molecule has 27 heavy (non-hydrogen) atoms. The molecule has 134 valence electrons. The van der Waals surface area contributed by atoms with Crippen LogP contribution in [0.3, 0.4) is 0 Å². The summed E-state index contributed by atoms with van der Waals surface area (Å²) in [7, 11) is -3.12. The third-order valence-electron chi connectivity index (χ3n) is 4.68. The Morgan fingerprint density at radius 1 is 0.852 bits per heavy atom. The van der Waals surface area contributed by atoms with Crippen molar-refractivity contribution in [3.63, 3.8) is 0 Å². The van der Waals surface area contributed by atoms with E-state index in [1.165, 1.54) is 0 Å². The van der Waals surface area contributed by atoms with Crippen LogP contribution in [0.4, 0.5) is 0 Å². The molecule has 1 aromatic heterocycles. The molecule has 3 aromatic carbocycles. The highest BCUT2D eigenvalue weighted by molar-refractivity contribution is 7.79. The van der Waals surface area contributed by atoms with Crippen LogP contribution in [-0.4, -0.2) is 21.6 Å². The molecule has 0 saturated carbocycles. The summed E-state index contributed by atoms with van der Waals surface area (Å²) in [5.41, 5.74) is 1.50. The van der Waals surface area contributed by atoms with Gasteiger partial charge >= 0.3 is 0 Å². The van der Waals surface area contributed by atoms with Gasteiger partial charge in [-0.25, -0.2) is 4.98 Å². The first-order valence-electron chi connectivity index (χ1n) is 8.77. The first-order valence-corrected chi connectivity index (χ1v) is 10.7. The van der Waals surface area contributed by atoms with Gasteiger partial charge in [0.2, 0.25) is 5.91 Å². The Morgan fingerprint density at radius 2 is 1.37 bits per heavy atom. The maximum atomic E-state index is 14.1. The van der Waals surface area contributed by atoms with E-state index in [1.807, 2.05) is 84.9 Å². The molecule has 0 unspecified atom stereocenters. The van der Waals surface area contributed by atoms with E-state index in [2.05, 4.69) is 4.98 Å². The van der Waals surface area contributed by atoms with Crippen LogP contribution in [0.15, 0.2) is 84.9 Å². The predicted molar refractivity (Wildman–Crippen MR) is 110 cm³/mol. The van der Waals surface area contributed by atoms with E-state index in [4.69, 9.17) is 0 Å². The Bertz CT molecular complexity index is 1110. The molecule has 1 heterocycles. The molecule has 0 bridgehead atoms. The summed E-state index contributed by atoms with van der Waals surface area (Å²) in [6.07, 6.45) is -0.0811. The number of fused-ring (bicyclic) bond motifs is 1. The quantitative estimate of drug-likeness (QED) is 0.508. The molecule has 0 spiro atoms. The molecular weight excluding hydrogens is 355 g/mol. The lowest BCUT2D eigenvalue weighted by Gasteiger charge is -2.19. The highest BCUT2D eigenvalue weighted by atomic mass is 31.2. The van der Waals surface area contributed by atoms with Gasteiger partial charge in [0.1, 0.15) is 5.82 Å². The monoisotopic (exact) mass is 374 g/mol. The molecule has 0 radical (unpaired) electrons. The van der Waals surface area contributed by atoms with Gasteiger partial charge in [-0.3, -0.25) is 9.36 Å². The van der Waals surface area contributed by atoms with Crippen molar-refractivity contribution in [1.29, 1.82) is 0 Å². The van der Waals surface area contributed by atoms with Crippen molar-refractivity contribution >= 4 is 34.7 Å². The number of para-hydroxylation sites is 2. The molecule has 0 fully saturated rings. The maximum Gasteiger partial charge on any atom is 0.240 e. The highest BCUT2D eigenvalue weighted by Crippen LogP contribution is 2.43. The summed E-state index contributed by atoms with van der Waals surface area (Å²) < 4.78 is 15.7. The van der Waals surface area contributed by atoms with Crippen LogP contribution in [0.2, 0.25) is 0 Å². The minimum absolute atomic E-state index is 0.0811. The lowest BCUT2D eigenvalue weighted by molar-refractivity contribution is 0.0942. The number of rotatable bonds is 4. The second-order valence-electron chi connectivity index (χ2n) is 6.45. The predicted octanol–water partition coefficient (Wildman–Crippen LogP) is 4.00. The third kappa shape index (κ3) is 3.13. The van der Waals surface area contributed by atoms with Gasteiger partial charge in [0.15, 0.2) is 7.14 Å². The molecule has 0 amide bonds. The average Bonchev–Trinajstić information content (AvgIpc) is 3.05. The fraction of sp³-hybridized carbons (Fsp3) is 0.0909. The Labute approximate surface area is 157 Å². The number of carbonyl (C=O) groups is 1. The van der Waals surface area contributed by atoms with E-state index in [1.54, 1.807) is 11.5 Å². The lowest BCUT2D eigenvalue weighted by Crippen LogP contribution is -2.26. The summed E-state index contributed by atoms with van der Waals surface area (Å²) >= 11 is 0. The van der Waals surface area contributed by atoms with Crippen LogP contribution < -0.4 is 10.6 Å². The van der Waals surface area contributed by atoms with Crippen LogP contribution in [-0.2, 0) is 4.57 Å². The topological polar surface area (TPSA) is 52.0 Å². The molecule has 0 N–H and O–H groups in total. The minimum Gasteiger partial charge on any atom is -0.313 e. The van der Waals surface area contributed by atoms with E-state index < -0.39 is 7.14 Å². The zero-order valence-electron chi connectivity index (χ0n) is 14.9. The number of carbonyl (C=O) groups excluding carboxylic acids is 1. The van der Waals surface area contributed by atoms with Gasteiger partial charge < -0.3 is 4.57 Å². The Kier molecular flexibility index (Phi) is 4.51. The number of nitrogens with zero attached hydrogens (tertiary/aromatic N) is 2. The zero-order chi connectivity index (χ0) is 18.9. The van der Waals surface area contributed by atoms with Crippen LogP contribution in [0.1, 0.15) is 10.6 Å². The maximum absolute atomic E-state index is 14.1. The molecule has 4 aromatic rings. The summed E-state index contributed by atoms with van der Waals surface area (Å²) in [5, 5.41) is 1.37. The van der Waals surface area contributed by atoms with Crippen molar-refractivity contribution in [3.05, 3.63) is 90.8 Å². The van der Waals surface area contributed by atoms with Crippen molar-refractivity contribution in [1.82, 2.24) is 9.55 Å². The third-order valence-corrected chi connectivity index (χ3v) is 7.66. The molecule has 5 heteroatoms. The Balaban J connectivity index is 1.82. The van der Waals surface area contributed by atoms with Crippen molar-refractivity contribution in [2.75, 3.05) is 6.16 Å². The van der Waals surface area contributed by atoms with Crippen molar-refractivity contribution in [2.45, 2.75) is 6.92 Å². The highest BCUT2D eigenvalue weighted by Gasteiger charge is 2.31. The largest absolute Gasteiger partial charge is 0.313 e. The summed E-state index contributed by atoms with van der Waals surface area (Å²) in [4.78, 5) is 17.7. The van der Waals surface area contributed by atoms with E-state index in [9.17, 15) is 9.36 Å². The summed E-state index contributed by atoms with van der Waals surface area (Å²) in [6, 6.07) is 26.0. The van der Waals surface area contributed by atoms with E-state index in [-0.39, 0.29) is 12.1 Å². The fourth-order valence-electron chi connectivity index (χ4n) is 3.39. The molecular formula is C22H19N2O2P. The molecule has 0 atom stereocenters. The standard InChI is InChI=1S/C22H19N2O2P/c1-17-23-20-14-8-9-15-21(20)24(17)22(25)16-27(26,18-10-4-2-5-11-18)19-12-6-3-7-13-19/h2-15H,16H2,1H3. The normalized spacial score (nSPS) is 11.6. The smallest absolute Gasteiger partial charge is 0.240 e. The summed E-state index contributed by atoms with van der Waals surface area (Å²) in [6.45, 7) is 1.80. The first kappa shape index (κ1) is 17.4. The van der Waals surface area contributed by atoms with Crippen LogP contribution in [0.5, 0.6) is 0 Å². The first-order chi connectivity index (χ1) is 13.1. The van der Waals surface area contributed by atoms with Crippen LogP contribution in [0, 0.1) is 6.92 Å². The fourth-order valence-corrected chi connectivity index (χ4v) is 5.88. The number of aryl methyl sites for hydroxylation is 1. The molecule has 0 aliphatic heterocycles. The Morgan fingerprint density at radius 3 is 1.96 bits per heavy atom. The number of benzene rings is 3. The molecule has 4 nitrogen and oxygen atoms in total.